The minimum absolute atomic E-state index is 0.121. The molecule has 6 rings (SSSR count). The van der Waals surface area contributed by atoms with Crippen LogP contribution in [0.2, 0.25) is 0 Å². The zero-order valence-electron chi connectivity index (χ0n) is 20.3. The molecule has 1 atom stereocenters. The number of methoxy groups -OCH3 is 1. The number of hydrogen-bond donors (Lipinski definition) is 2. The number of aromatic nitrogens is 1. The number of hydrogen-bond acceptors (Lipinski definition) is 7. The smallest absolute Gasteiger partial charge is 0.322 e. The molecule has 10 heteroatoms. The van der Waals surface area contributed by atoms with Crippen molar-refractivity contribution in [1.29, 1.82) is 5.26 Å². The van der Waals surface area contributed by atoms with Gasteiger partial charge in [-0.05, 0) is 42.3 Å². The van der Waals surface area contributed by atoms with E-state index in [4.69, 9.17) is 9.15 Å². The van der Waals surface area contributed by atoms with E-state index in [9.17, 15) is 19.6 Å². The van der Waals surface area contributed by atoms with Crippen LogP contribution in [0.1, 0.15) is 27.2 Å². The first-order valence-corrected chi connectivity index (χ1v) is 11.9. The minimum atomic E-state index is -1.62. The van der Waals surface area contributed by atoms with Crippen molar-refractivity contribution in [3.63, 3.8) is 0 Å². The monoisotopic (exact) mass is 507 g/mol. The highest BCUT2D eigenvalue weighted by atomic mass is 16.5. The second kappa shape index (κ2) is 8.74. The van der Waals surface area contributed by atoms with E-state index in [1.165, 1.54) is 12.0 Å². The van der Waals surface area contributed by atoms with Crippen molar-refractivity contribution in [2.24, 2.45) is 0 Å². The number of urea groups is 1. The molecule has 2 aromatic carbocycles. The molecule has 188 valence electrons. The summed E-state index contributed by atoms with van der Waals surface area (Å²) in [6, 6.07) is 17.2. The van der Waals surface area contributed by atoms with Gasteiger partial charge in [0.2, 0.25) is 0 Å². The Labute approximate surface area is 216 Å². The first kappa shape index (κ1) is 23.2. The van der Waals surface area contributed by atoms with Crippen molar-refractivity contribution < 1.29 is 23.5 Å². The van der Waals surface area contributed by atoms with Crippen LogP contribution in [0.25, 0.3) is 22.2 Å². The van der Waals surface area contributed by atoms with Crippen molar-refractivity contribution >= 4 is 28.8 Å². The second-order valence-electron chi connectivity index (χ2n) is 9.22. The van der Waals surface area contributed by atoms with Gasteiger partial charge in [0, 0.05) is 35.3 Å². The summed E-state index contributed by atoms with van der Waals surface area (Å²) in [7, 11) is 1.53. The first-order valence-electron chi connectivity index (χ1n) is 11.9. The number of rotatable bonds is 5. The maximum atomic E-state index is 13.4. The van der Waals surface area contributed by atoms with E-state index in [1.807, 2.05) is 12.1 Å². The van der Waals surface area contributed by atoms with Gasteiger partial charge in [-0.3, -0.25) is 19.9 Å². The highest BCUT2D eigenvalue weighted by Gasteiger charge is 2.52. The molecule has 2 aliphatic rings. The Balaban J connectivity index is 1.38. The van der Waals surface area contributed by atoms with Gasteiger partial charge in [-0.25, -0.2) is 4.79 Å². The van der Waals surface area contributed by atoms with Crippen LogP contribution in [-0.4, -0.2) is 47.9 Å². The average Bonchev–Trinajstić information content (AvgIpc) is 3.50. The van der Waals surface area contributed by atoms with E-state index in [-0.39, 0.29) is 18.2 Å². The van der Waals surface area contributed by atoms with Crippen LogP contribution in [0.3, 0.4) is 0 Å². The molecule has 2 N–H and O–H groups in total. The molecule has 0 unspecified atom stereocenters. The second-order valence-corrected chi connectivity index (χ2v) is 9.22. The van der Waals surface area contributed by atoms with Crippen LogP contribution >= 0.6 is 0 Å². The minimum Gasteiger partial charge on any atom is -0.497 e. The number of nitrogens with zero attached hydrogens (tertiary/aromatic N) is 3. The number of fused-ring (bicyclic) bond motifs is 2. The number of ether oxygens (including phenoxy) is 1. The summed E-state index contributed by atoms with van der Waals surface area (Å²) in [5.74, 6) is -0.136. The molecule has 0 radical (unpaired) electrons. The van der Waals surface area contributed by atoms with Crippen LogP contribution in [0.4, 0.5) is 4.79 Å². The van der Waals surface area contributed by atoms with Gasteiger partial charge in [0.05, 0.1) is 31.0 Å². The summed E-state index contributed by atoms with van der Waals surface area (Å²) >= 11 is 0. The van der Waals surface area contributed by atoms with Gasteiger partial charge in [-0.15, -0.1) is 0 Å². The Morgan fingerprint density at radius 1 is 1.16 bits per heavy atom. The average molecular weight is 508 g/mol. The van der Waals surface area contributed by atoms with Crippen molar-refractivity contribution in [1.82, 2.24) is 20.5 Å². The number of imide groups is 1. The van der Waals surface area contributed by atoms with E-state index in [1.54, 1.807) is 48.7 Å². The molecule has 0 bridgehead atoms. The lowest BCUT2D eigenvalue weighted by Crippen LogP contribution is -2.55. The maximum absolute atomic E-state index is 13.4. The number of amides is 4. The number of nitrogens with one attached hydrogen (secondary N) is 2. The standard InChI is InChI=1S/C28H21N5O5/c1-37-20-6-5-17-7-8-33(25(34)21(17)11-20)15-28(26(35)31-27(36)32-28)24-10-19-14-30-22(12-23(19)38-24)18-4-2-3-16(9-18)13-29/h2-6,9-12,14H,7-8,15H2,1H3,(H2,31,32,35,36)/t28-/m0/s1. The molecule has 4 amide bonds. The van der Waals surface area contributed by atoms with Crippen LogP contribution in [0.15, 0.2) is 65.2 Å². The molecule has 38 heavy (non-hydrogen) atoms. The molecular formula is C28H21N5O5. The number of pyridine rings is 1. The Kier molecular flexibility index (Phi) is 5.35. The number of furan rings is 1. The summed E-state index contributed by atoms with van der Waals surface area (Å²) in [6.07, 6.45) is 2.19. The zero-order valence-corrected chi connectivity index (χ0v) is 20.3. The van der Waals surface area contributed by atoms with Crippen LogP contribution in [0, 0.1) is 11.3 Å². The summed E-state index contributed by atoms with van der Waals surface area (Å²) in [6.45, 7) is 0.245. The van der Waals surface area contributed by atoms with Gasteiger partial charge >= 0.3 is 6.03 Å². The molecule has 2 aliphatic heterocycles. The van der Waals surface area contributed by atoms with Gasteiger partial charge in [0.25, 0.3) is 11.8 Å². The Hall–Kier alpha value is -5.17. The predicted octanol–water partition coefficient (Wildman–Crippen LogP) is 3.11. The number of carbonyl (C=O) groups excluding carboxylic acids is 3. The molecule has 1 fully saturated rings. The van der Waals surface area contributed by atoms with Gasteiger partial charge in [-0.1, -0.05) is 18.2 Å². The highest BCUT2D eigenvalue weighted by molar-refractivity contribution is 6.08. The molecule has 10 nitrogen and oxygen atoms in total. The molecule has 1 saturated heterocycles. The molecular weight excluding hydrogens is 486 g/mol. The Morgan fingerprint density at radius 3 is 2.79 bits per heavy atom. The summed E-state index contributed by atoms with van der Waals surface area (Å²) < 4.78 is 11.4. The quantitative estimate of drug-likeness (QED) is 0.396. The van der Waals surface area contributed by atoms with E-state index in [0.29, 0.717) is 46.5 Å². The van der Waals surface area contributed by atoms with E-state index < -0.39 is 17.5 Å². The lowest BCUT2D eigenvalue weighted by molar-refractivity contribution is -0.125. The Bertz CT molecular complexity index is 1690. The van der Waals surface area contributed by atoms with E-state index >= 15 is 0 Å². The van der Waals surface area contributed by atoms with Crippen molar-refractivity contribution in [3.8, 4) is 23.1 Å². The largest absolute Gasteiger partial charge is 0.497 e. The summed E-state index contributed by atoms with van der Waals surface area (Å²) in [5, 5.41) is 14.8. The molecule has 0 spiro atoms. The van der Waals surface area contributed by atoms with Gasteiger partial charge in [0.1, 0.15) is 17.1 Å². The van der Waals surface area contributed by atoms with Crippen LogP contribution < -0.4 is 15.4 Å². The Morgan fingerprint density at radius 2 is 2.03 bits per heavy atom. The topological polar surface area (TPSA) is 138 Å². The normalized spacial score (nSPS) is 18.6. The fourth-order valence-corrected chi connectivity index (χ4v) is 4.97. The molecule has 0 aliphatic carbocycles. The van der Waals surface area contributed by atoms with Crippen molar-refractivity contribution in [2.75, 3.05) is 20.2 Å². The lowest BCUT2D eigenvalue weighted by atomic mass is 9.92. The molecule has 2 aromatic heterocycles. The molecule has 0 saturated carbocycles. The first-order chi connectivity index (χ1) is 18.4. The van der Waals surface area contributed by atoms with Gasteiger partial charge in [0.15, 0.2) is 5.54 Å². The van der Waals surface area contributed by atoms with Crippen LogP contribution in [0.5, 0.6) is 5.75 Å². The highest BCUT2D eigenvalue weighted by Crippen LogP contribution is 2.34. The summed E-state index contributed by atoms with van der Waals surface area (Å²) in [5.41, 5.74) is 2.03. The maximum Gasteiger partial charge on any atom is 0.322 e. The summed E-state index contributed by atoms with van der Waals surface area (Å²) in [4.78, 5) is 45.0. The zero-order chi connectivity index (χ0) is 26.4. The number of carbonyl (C=O) groups is 3. The van der Waals surface area contributed by atoms with E-state index in [0.717, 1.165) is 11.1 Å². The van der Waals surface area contributed by atoms with Crippen LogP contribution in [-0.2, 0) is 16.8 Å². The molecule has 4 aromatic rings. The predicted molar refractivity (Wildman–Crippen MR) is 135 cm³/mol. The third kappa shape index (κ3) is 3.72. The third-order valence-corrected chi connectivity index (χ3v) is 6.96. The van der Waals surface area contributed by atoms with E-state index in [2.05, 4.69) is 21.7 Å². The van der Waals surface area contributed by atoms with Crippen molar-refractivity contribution in [2.45, 2.75) is 12.0 Å². The SMILES string of the molecule is COc1ccc2c(c1)C(=O)N(C[C@@]1(c3cc4cnc(-c5cccc(C#N)c5)cc4o3)NC(=O)NC1=O)CC2. The van der Waals surface area contributed by atoms with Gasteiger partial charge in [-0.2, -0.15) is 5.26 Å². The van der Waals surface area contributed by atoms with Gasteiger partial charge < -0.3 is 19.4 Å². The number of nitriles is 1. The molecule has 4 heterocycles. The van der Waals surface area contributed by atoms with Crippen molar-refractivity contribution in [3.05, 3.63) is 83.2 Å². The lowest BCUT2D eigenvalue weighted by Gasteiger charge is -2.34. The number of benzene rings is 2. The fraction of sp³-hybridized carbons (Fsp3) is 0.179. The third-order valence-electron chi connectivity index (χ3n) is 6.96. The fourth-order valence-electron chi connectivity index (χ4n) is 4.97.